The van der Waals surface area contributed by atoms with Crippen LogP contribution >= 0.6 is 0 Å². The molecule has 5 heteroatoms. The number of rotatable bonds is 8. The van der Waals surface area contributed by atoms with Crippen LogP contribution < -0.4 is 11.1 Å². The molecule has 2 aromatic heterocycles. The number of benzene rings is 1. The predicted molar refractivity (Wildman–Crippen MR) is 102 cm³/mol. The molecular formula is C20H27N5. The zero-order valence-electron chi connectivity index (χ0n) is 15.0. The van der Waals surface area contributed by atoms with Crippen LogP contribution in [0.3, 0.4) is 0 Å². The highest BCUT2D eigenvalue weighted by Crippen LogP contribution is 2.16. The molecule has 3 rings (SSSR count). The normalized spacial score (nSPS) is 13.9. The first-order valence-electron chi connectivity index (χ1n) is 8.98. The molecule has 2 unspecified atom stereocenters. The Morgan fingerprint density at radius 1 is 1.24 bits per heavy atom. The summed E-state index contributed by atoms with van der Waals surface area (Å²) in [5.41, 5.74) is 10.1. The summed E-state index contributed by atoms with van der Waals surface area (Å²) in [7, 11) is 0. The predicted octanol–water partition coefficient (Wildman–Crippen LogP) is 3.27. The van der Waals surface area contributed by atoms with Crippen molar-refractivity contribution in [3.63, 3.8) is 0 Å². The van der Waals surface area contributed by atoms with E-state index in [2.05, 4.69) is 41.3 Å². The van der Waals surface area contributed by atoms with Gasteiger partial charge in [0.1, 0.15) is 5.82 Å². The lowest BCUT2D eigenvalue weighted by atomic mass is 10.0. The number of H-pyrrole nitrogens is 1. The Balaban J connectivity index is 1.72. The van der Waals surface area contributed by atoms with Gasteiger partial charge in [0.05, 0.1) is 16.7 Å². The van der Waals surface area contributed by atoms with E-state index in [4.69, 9.17) is 10.7 Å². The average molecular weight is 337 g/mol. The lowest BCUT2D eigenvalue weighted by molar-refractivity contribution is 0.411. The minimum atomic E-state index is 0.187. The van der Waals surface area contributed by atoms with E-state index < -0.39 is 0 Å². The third-order valence-electron chi connectivity index (χ3n) is 4.50. The molecule has 0 spiro atoms. The number of nitrogens with one attached hydrogen (secondary N) is 2. The SMILES string of the molecule is Cc1ccnc(C(C)NC(CCCN)Cc2nc3ccccc3[nH]2)c1. The van der Waals surface area contributed by atoms with Gasteiger partial charge in [-0.25, -0.2) is 4.98 Å². The topological polar surface area (TPSA) is 79.6 Å². The van der Waals surface area contributed by atoms with Crippen LogP contribution in [0.15, 0.2) is 42.6 Å². The summed E-state index contributed by atoms with van der Waals surface area (Å²) >= 11 is 0. The van der Waals surface area contributed by atoms with Gasteiger partial charge in [0.25, 0.3) is 0 Å². The largest absolute Gasteiger partial charge is 0.342 e. The van der Waals surface area contributed by atoms with E-state index in [1.165, 1.54) is 5.56 Å². The molecule has 5 nitrogen and oxygen atoms in total. The number of aromatic amines is 1. The van der Waals surface area contributed by atoms with Gasteiger partial charge >= 0.3 is 0 Å². The first kappa shape index (κ1) is 17.6. The molecule has 0 fully saturated rings. The molecule has 0 bridgehead atoms. The number of nitrogens with two attached hydrogens (primary N) is 1. The smallest absolute Gasteiger partial charge is 0.108 e. The van der Waals surface area contributed by atoms with Crippen LogP contribution in [0.25, 0.3) is 11.0 Å². The summed E-state index contributed by atoms with van der Waals surface area (Å²) in [6.45, 7) is 4.96. The molecule has 25 heavy (non-hydrogen) atoms. The van der Waals surface area contributed by atoms with Gasteiger partial charge in [-0.05, 0) is 63.1 Å². The van der Waals surface area contributed by atoms with E-state index in [1.807, 2.05) is 30.5 Å². The fraction of sp³-hybridized carbons (Fsp3) is 0.400. The zero-order valence-corrected chi connectivity index (χ0v) is 15.0. The Hall–Kier alpha value is -2.24. The van der Waals surface area contributed by atoms with Crippen molar-refractivity contribution in [2.24, 2.45) is 5.73 Å². The third kappa shape index (κ3) is 4.65. The number of imidazole rings is 1. The summed E-state index contributed by atoms with van der Waals surface area (Å²) < 4.78 is 0. The molecule has 2 atom stereocenters. The summed E-state index contributed by atoms with van der Waals surface area (Å²) in [5, 5.41) is 3.71. The van der Waals surface area contributed by atoms with E-state index in [0.717, 1.165) is 41.8 Å². The average Bonchev–Trinajstić information content (AvgIpc) is 3.02. The second-order valence-corrected chi connectivity index (χ2v) is 6.68. The molecule has 3 aromatic rings. The summed E-state index contributed by atoms with van der Waals surface area (Å²) in [5.74, 6) is 1.01. The highest BCUT2D eigenvalue weighted by atomic mass is 15.0. The van der Waals surface area contributed by atoms with E-state index in [1.54, 1.807) is 0 Å². The van der Waals surface area contributed by atoms with Crippen molar-refractivity contribution in [3.8, 4) is 0 Å². The maximum Gasteiger partial charge on any atom is 0.108 e. The van der Waals surface area contributed by atoms with Crippen molar-refractivity contribution in [1.82, 2.24) is 20.3 Å². The number of nitrogens with zero attached hydrogens (tertiary/aromatic N) is 2. The molecule has 1 aromatic carbocycles. The number of hydrogen-bond donors (Lipinski definition) is 3. The van der Waals surface area contributed by atoms with Crippen molar-refractivity contribution in [2.75, 3.05) is 6.54 Å². The van der Waals surface area contributed by atoms with E-state index >= 15 is 0 Å². The van der Waals surface area contributed by atoms with Gasteiger partial charge in [-0.1, -0.05) is 12.1 Å². The Morgan fingerprint density at radius 2 is 2.08 bits per heavy atom. The lowest BCUT2D eigenvalue weighted by Gasteiger charge is -2.22. The molecule has 0 aliphatic rings. The Kier molecular flexibility index (Phi) is 5.79. The number of aromatic nitrogens is 3. The first-order chi connectivity index (χ1) is 12.2. The quantitative estimate of drug-likeness (QED) is 0.589. The maximum atomic E-state index is 5.73. The monoisotopic (exact) mass is 337 g/mol. The summed E-state index contributed by atoms with van der Waals surface area (Å²) in [6, 6.07) is 12.8. The highest BCUT2D eigenvalue weighted by Gasteiger charge is 2.16. The Labute approximate surface area is 149 Å². The van der Waals surface area contributed by atoms with Crippen LogP contribution in [0.5, 0.6) is 0 Å². The molecule has 0 amide bonds. The second-order valence-electron chi connectivity index (χ2n) is 6.68. The standard InChI is InChI=1S/C20H27N5/c1-14-9-11-22-19(12-14)15(2)23-16(6-5-10-21)13-20-24-17-7-3-4-8-18(17)25-20/h3-4,7-9,11-12,15-16,23H,5-6,10,13,21H2,1-2H3,(H,24,25). The van der Waals surface area contributed by atoms with Crippen molar-refractivity contribution >= 4 is 11.0 Å². The maximum absolute atomic E-state index is 5.73. The zero-order chi connectivity index (χ0) is 17.6. The summed E-state index contributed by atoms with van der Waals surface area (Å²) in [6.07, 6.45) is 4.73. The van der Waals surface area contributed by atoms with Crippen LogP contribution in [0.2, 0.25) is 0 Å². The van der Waals surface area contributed by atoms with Gasteiger partial charge in [-0.3, -0.25) is 4.98 Å². The highest BCUT2D eigenvalue weighted by molar-refractivity contribution is 5.74. The van der Waals surface area contributed by atoms with Crippen LogP contribution in [-0.4, -0.2) is 27.5 Å². The van der Waals surface area contributed by atoms with Gasteiger partial charge in [0.15, 0.2) is 0 Å². The first-order valence-corrected chi connectivity index (χ1v) is 8.98. The second kappa shape index (κ2) is 8.23. The molecule has 0 aliphatic carbocycles. The van der Waals surface area contributed by atoms with Crippen molar-refractivity contribution in [3.05, 3.63) is 59.7 Å². The molecule has 0 saturated carbocycles. The van der Waals surface area contributed by atoms with Crippen molar-refractivity contribution in [2.45, 2.75) is 45.2 Å². The summed E-state index contributed by atoms with van der Waals surface area (Å²) in [4.78, 5) is 12.6. The number of hydrogen-bond acceptors (Lipinski definition) is 4. The van der Waals surface area contributed by atoms with E-state index in [9.17, 15) is 0 Å². The number of para-hydroxylation sites is 2. The van der Waals surface area contributed by atoms with Crippen LogP contribution in [-0.2, 0) is 6.42 Å². The Morgan fingerprint density at radius 3 is 2.84 bits per heavy atom. The number of pyridine rings is 1. The van der Waals surface area contributed by atoms with Gasteiger partial charge in [0, 0.05) is 24.7 Å². The van der Waals surface area contributed by atoms with Gasteiger partial charge in [0.2, 0.25) is 0 Å². The minimum absolute atomic E-state index is 0.187. The lowest BCUT2D eigenvalue weighted by Crippen LogP contribution is -2.34. The van der Waals surface area contributed by atoms with Crippen LogP contribution in [0.1, 0.15) is 42.9 Å². The number of aryl methyl sites for hydroxylation is 1. The van der Waals surface area contributed by atoms with Crippen LogP contribution in [0.4, 0.5) is 0 Å². The minimum Gasteiger partial charge on any atom is -0.342 e. The fourth-order valence-corrected chi connectivity index (χ4v) is 3.18. The van der Waals surface area contributed by atoms with E-state index in [-0.39, 0.29) is 6.04 Å². The molecule has 132 valence electrons. The molecule has 0 saturated heterocycles. The van der Waals surface area contributed by atoms with Crippen LogP contribution in [0, 0.1) is 6.92 Å². The molecule has 0 aliphatic heterocycles. The van der Waals surface area contributed by atoms with Gasteiger partial charge < -0.3 is 16.0 Å². The van der Waals surface area contributed by atoms with Crippen molar-refractivity contribution < 1.29 is 0 Å². The number of fused-ring (bicyclic) bond motifs is 1. The van der Waals surface area contributed by atoms with Gasteiger partial charge in [-0.15, -0.1) is 0 Å². The van der Waals surface area contributed by atoms with Gasteiger partial charge in [-0.2, -0.15) is 0 Å². The van der Waals surface area contributed by atoms with Crippen molar-refractivity contribution in [1.29, 1.82) is 0 Å². The van der Waals surface area contributed by atoms with E-state index in [0.29, 0.717) is 12.6 Å². The Bertz CT molecular complexity index is 777. The molecule has 2 heterocycles. The fourth-order valence-electron chi connectivity index (χ4n) is 3.18. The third-order valence-corrected chi connectivity index (χ3v) is 4.50. The molecule has 0 radical (unpaired) electrons. The molecule has 4 N–H and O–H groups in total. The molecular weight excluding hydrogens is 310 g/mol.